The van der Waals surface area contributed by atoms with E-state index in [-0.39, 0.29) is 11.3 Å². The van der Waals surface area contributed by atoms with Gasteiger partial charge in [-0.3, -0.25) is 9.69 Å². The first-order chi connectivity index (χ1) is 6.95. The van der Waals surface area contributed by atoms with Crippen LogP contribution in [0.4, 0.5) is 0 Å². The molecule has 0 radical (unpaired) electrons. The van der Waals surface area contributed by atoms with Crippen LogP contribution in [-0.4, -0.2) is 28.8 Å². The zero-order valence-corrected chi connectivity index (χ0v) is 10.3. The fourth-order valence-electron chi connectivity index (χ4n) is 2.43. The number of rotatable bonds is 4. The third-order valence-corrected chi connectivity index (χ3v) is 3.19. The van der Waals surface area contributed by atoms with Crippen molar-refractivity contribution in [1.82, 2.24) is 4.90 Å². The third-order valence-electron chi connectivity index (χ3n) is 3.19. The molecule has 1 fully saturated rings. The molecule has 2 nitrogen and oxygen atoms in total. The van der Waals surface area contributed by atoms with E-state index >= 15 is 0 Å². The van der Waals surface area contributed by atoms with Crippen LogP contribution in [0.5, 0.6) is 0 Å². The van der Waals surface area contributed by atoms with Crippen LogP contribution in [0, 0.1) is 0 Å². The minimum atomic E-state index is 0.177. The Labute approximate surface area is 93.3 Å². The standard InChI is InChI=1S/C13H23NO/c1-5-12(15)9-8-11-7-6-10-14(11)13(2,3)4/h5,11H,1,6-10H2,2-4H3. The highest BCUT2D eigenvalue weighted by atomic mass is 16.1. The number of likely N-dealkylation sites (tertiary alicyclic amines) is 1. The first kappa shape index (κ1) is 12.4. The van der Waals surface area contributed by atoms with Crippen LogP contribution in [0.15, 0.2) is 12.7 Å². The van der Waals surface area contributed by atoms with Gasteiger partial charge in [0.05, 0.1) is 0 Å². The summed E-state index contributed by atoms with van der Waals surface area (Å²) in [6.07, 6.45) is 5.59. The van der Waals surface area contributed by atoms with Gasteiger partial charge in [-0.2, -0.15) is 0 Å². The first-order valence-corrected chi connectivity index (χ1v) is 5.87. The summed E-state index contributed by atoms with van der Waals surface area (Å²) < 4.78 is 0. The molecule has 0 amide bonds. The topological polar surface area (TPSA) is 20.3 Å². The average molecular weight is 209 g/mol. The zero-order chi connectivity index (χ0) is 11.5. The molecule has 0 aromatic rings. The molecule has 0 aromatic heterocycles. The van der Waals surface area contributed by atoms with Crippen molar-refractivity contribution in [1.29, 1.82) is 0 Å². The van der Waals surface area contributed by atoms with Crippen LogP contribution < -0.4 is 0 Å². The van der Waals surface area contributed by atoms with E-state index in [2.05, 4.69) is 32.3 Å². The van der Waals surface area contributed by atoms with Gasteiger partial charge in [-0.1, -0.05) is 6.58 Å². The van der Waals surface area contributed by atoms with Gasteiger partial charge in [-0.15, -0.1) is 0 Å². The molecule has 0 bridgehead atoms. The maximum atomic E-state index is 11.2. The SMILES string of the molecule is C=CC(=O)CCC1CCCN1C(C)(C)C. The van der Waals surface area contributed by atoms with Crippen LogP contribution in [0.25, 0.3) is 0 Å². The van der Waals surface area contributed by atoms with Crippen LogP contribution in [0.3, 0.4) is 0 Å². The van der Waals surface area contributed by atoms with Gasteiger partial charge in [-0.25, -0.2) is 0 Å². The Morgan fingerprint density at radius 3 is 2.73 bits per heavy atom. The van der Waals surface area contributed by atoms with E-state index in [4.69, 9.17) is 0 Å². The highest BCUT2D eigenvalue weighted by Crippen LogP contribution is 2.28. The molecule has 0 aromatic carbocycles. The molecule has 86 valence electrons. The highest BCUT2D eigenvalue weighted by Gasteiger charge is 2.32. The van der Waals surface area contributed by atoms with E-state index in [0.29, 0.717) is 12.5 Å². The molecule has 0 spiro atoms. The molecule has 15 heavy (non-hydrogen) atoms. The second-order valence-electron chi connectivity index (χ2n) is 5.37. The van der Waals surface area contributed by atoms with Gasteiger partial charge in [0.15, 0.2) is 5.78 Å². The van der Waals surface area contributed by atoms with Crippen molar-refractivity contribution in [2.75, 3.05) is 6.54 Å². The van der Waals surface area contributed by atoms with Gasteiger partial charge in [0.2, 0.25) is 0 Å². The predicted molar refractivity (Wildman–Crippen MR) is 63.9 cm³/mol. The van der Waals surface area contributed by atoms with E-state index in [9.17, 15) is 4.79 Å². The maximum Gasteiger partial charge on any atom is 0.155 e. The van der Waals surface area contributed by atoms with E-state index < -0.39 is 0 Å². The Hall–Kier alpha value is -0.630. The molecule has 0 N–H and O–H groups in total. The minimum absolute atomic E-state index is 0.177. The van der Waals surface area contributed by atoms with E-state index in [1.54, 1.807) is 0 Å². The number of nitrogens with zero attached hydrogens (tertiary/aromatic N) is 1. The Bertz CT molecular complexity index is 239. The fraction of sp³-hybridized carbons (Fsp3) is 0.769. The summed E-state index contributed by atoms with van der Waals surface area (Å²) in [5.41, 5.74) is 0.235. The van der Waals surface area contributed by atoms with Crippen LogP contribution in [-0.2, 0) is 4.79 Å². The number of hydrogen-bond acceptors (Lipinski definition) is 2. The van der Waals surface area contributed by atoms with Crippen molar-refractivity contribution in [2.24, 2.45) is 0 Å². The Balaban J connectivity index is 2.47. The molecular formula is C13H23NO. The number of hydrogen-bond donors (Lipinski definition) is 0. The van der Waals surface area contributed by atoms with Crippen LogP contribution >= 0.6 is 0 Å². The van der Waals surface area contributed by atoms with E-state index in [0.717, 1.165) is 6.42 Å². The largest absolute Gasteiger partial charge is 0.296 e. The third kappa shape index (κ3) is 3.45. The smallest absolute Gasteiger partial charge is 0.155 e. The fourth-order valence-corrected chi connectivity index (χ4v) is 2.43. The summed E-state index contributed by atoms with van der Waals surface area (Å²) >= 11 is 0. The van der Waals surface area contributed by atoms with Crippen LogP contribution in [0.2, 0.25) is 0 Å². The van der Waals surface area contributed by atoms with E-state index in [1.165, 1.54) is 25.5 Å². The monoisotopic (exact) mass is 209 g/mol. The molecule has 1 atom stereocenters. The Morgan fingerprint density at radius 2 is 2.20 bits per heavy atom. The number of carbonyl (C=O) groups excluding carboxylic acids is 1. The quantitative estimate of drug-likeness (QED) is 0.664. The molecule has 2 heteroatoms. The molecular weight excluding hydrogens is 186 g/mol. The normalized spacial score (nSPS) is 23.0. The van der Waals surface area contributed by atoms with Crippen molar-refractivity contribution >= 4 is 5.78 Å². The lowest BCUT2D eigenvalue weighted by molar-refractivity contribution is -0.115. The van der Waals surface area contributed by atoms with Crippen LogP contribution in [0.1, 0.15) is 46.5 Å². The average Bonchev–Trinajstić information content (AvgIpc) is 2.61. The van der Waals surface area contributed by atoms with Crippen molar-refractivity contribution in [2.45, 2.75) is 58.0 Å². The van der Waals surface area contributed by atoms with Crippen molar-refractivity contribution in [3.05, 3.63) is 12.7 Å². The molecule has 1 aliphatic heterocycles. The molecule has 1 unspecified atom stereocenters. The summed E-state index contributed by atoms with van der Waals surface area (Å²) in [5, 5.41) is 0. The lowest BCUT2D eigenvalue weighted by atomic mass is 10.0. The van der Waals surface area contributed by atoms with Gasteiger partial charge >= 0.3 is 0 Å². The summed E-state index contributed by atoms with van der Waals surface area (Å²) in [4.78, 5) is 13.7. The molecule has 1 aliphatic rings. The second kappa shape index (κ2) is 4.93. The predicted octanol–water partition coefficient (Wildman–Crippen LogP) is 2.78. The minimum Gasteiger partial charge on any atom is -0.296 e. The van der Waals surface area contributed by atoms with Crippen molar-refractivity contribution in [3.63, 3.8) is 0 Å². The molecule has 0 aliphatic carbocycles. The lowest BCUT2D eigenvalue weighted by Gasteiger charge is -2.37. The number of allylic oxidation sites excluding steroid dienone is 1. The number of carbonyl (C=O) groups is 1. The van der Waals surface area contributed by atoms with Gasteiger partial charge in [0, 0.05) is 18.0 Å². The summed E-state index contributed by atoms with van der Waals surface area (Å²) in [7, 11) is 0. The molecule has 1 saturated heterocycles. The first-order valence-electron chi connectivity index (χ1n) is 5.87. The highest BCUT2D eigenvalue weighted by molar-refractivity contribution is 5.88. The van der Waals surface area contributed by atoms with Crippen molar-refractivity contribution < 1.29 is 4.79 Å². The summed E-state index contributed by atoms with van der Waals surface area (Å²) in [6.45, 7) is 11.4. The Morgan fingerprint density at radius 1 is 1.53 bits per heavy atom. The van der Waals surface area contributed by atoms with Crippen molar-refractivity contribution in [3.8, 4) is 0 Å². The Kier molecular flexibility index (Phi) is 4.09. The summed E-state index contributed by atoms with van der Waals surface area (Å²) in [5.74, 6) is 0.177. The summed E-state index contributed by atoms with van der Waals surface area (Å²) in [6, 6.07) is 0.592. The van der Waals surface area contributed by atoms with Gasteiger partial charge in [-0.05, 0) is 52.7 Å². The number of ketones is 1. The molecule has 1 heterocycles. The lowest BCUT2D eigenvalue weighted by Crippen LogP contribution is -2.44. The molecule has 1 rings (SSSR count). The van der Waals surface area contributed by atoms with Gasteiger partial charge < -0.3 is 0 Å². The zero-order valence-electron chi connectivity index (χ0n) is 10.3. The van der Waals surface area contributed by atoms with E-state index in [1.807, 2.05) is 0 Å². The second-order valence-corrected chi connectivity index (χ2v) is 5.37. The van der Waals surface area contributed by atoms with Gasteiger partial charge in [0.1, 0.15) is 0 Å². The van der Waals surface area contributed by atoms with Gasteiger partial charge in [0.25, 0.3) is 0 Å². The maximum absolute atomic E-state index is 11.2. The molecule has 0 saturated carbocycles.